The summed E-state index contributed by atoms with van der Waals surface area (Å²) in [4.78, 5) is 11.0. The van der Waals surface area contributed by atoms with Crippen molar-refractivity contribution in [3.63, 3.8) is 0 Å². The van der Waals surface area contributed by atoms with Gasteiger partial charge in [0.1, 0.15) is 5.82 Å². The number of halogens is 4. The van der Waals surface area contributed by atoms with Gasteiger partial charge in [-0.3, -0.25) is 4.79 Å². The zero-order valence-corrected chi connectivity index (χ0v) is 11.2. The molecule has 0 unspecified atom stereocenters. The third kappa shape index (κ3) is 4.00. The van der Waals surface area contributed by atoms with E-state index in [0.29, 0.717) is 0 Å². The minimum atomic E-state index is -0.876. The first-order valence-corrected chi connectivity index (χ1v) is 5.18. The molecule has 0 saturated carbocycles. The normalized spacial score (nSPS) is 11.6. The second kappa shape index (κ2) is 7.01. The van der Waals surface area contributed by atoms with Crippen molar-refractivity contribution in [3.8, 4) is 0 Å². The van der Waals surface area contributed by atoms with Crippen LogP contribution in [-0.4, -0.2) is 13.1 Å². The van der Waals surface area contributed by atoms with Gasteiger partial charge < -0.3 is 10.5 Å². The number of methoxy groups -OCH3 is 1. The lowest BCUT2D eigenvalue weighted by molar-refractivity contribution is -0.141. The third-order valence-corrected chi connectivity index (χ3v) is 2.69. The minimum Gasteiger partial charge on any atom is -0.469 e. The SMILES string of the molecule is COC(=O)C[C@@H](N)c1c(Cl)ccc(Cl)c1F.Cl. The molecule has 0 spiro atoms. The number of esters is 1. The molecule has 0 amide bonds. The van der Waals surface area contributed by atoms with E-state index in [4.69, 9.17) is 28.9 Å². The molecule has 3 nitrogen and oxygen atoms in total. The van der Waals surface area contributed by atoms with E-state index in [0.717, 1.165) is 0 Å². The maximum atomic E-state index is 13.6. The second-order valence-electron chi connectivity index (χ2n) is 3.14. The van der Waals surface area contributed by atoms with E-state index in [1.54, 1.807) is 0 Å². The lowest BCUT2D eigenvalue weighted by Crippen LogP contribution is -2.18. The Morgan fingerprint density at radius 3 is 2.53 bits per heavy atom. The van der Waals surface area contributed by atoms with E-state index in [2.05, 4.69) is 4.74 Å². The Bertz CT molecular complexity index is 415. The van der Waals surface area contributed by atoms with Crippen LogP contribution in [0.2, 0.25) is 10.0 Å². The first-order chi connectivity index (χ1) is 7.47. The number of nitrogens with two attached hydrogens (primary N) is 1. The molecule has 0 aliphatic heterocycles. The Balaban J connectivity index is 0.00000256. The molecule has 1 aromatic carbocycles. The van der Waals surface area contributed by atoms with Crippen molar-refractivity contribution in [1.29, 1.82) is 0 Å². The molecule has 1 atom stereocenters. The van der Waals surface area contributed by atoms with Crippen LogP contribution in [0.5, 0.6) is 0 Å². The highest BCUT2D eigenvalue weighted by Gasteiger charge is 2.20. The Labute approximate surface area is 114 Å². The highest BCUT2D eigenvalue weighted by atomic mass is 35.5. The van der Waals surface area contributed by atoms with E-state index in [1.165, 1.54) is 19.2 Å². The number of hydrogen-bond acceptors (Lipinski definition) is 3. The molecule has 2 N–H and O–H groups in total. The summed E-state index contributed by atoms with van der Waals surface area (Å²) in [5.74, 6) is -1.24. The molecular formula is C10H11Cl3FNO2. The van der Waals surface area contributed by atoms with Crippen LogP contribution in [0.1, 0.15) is 18.0 Å². The zero-order chi connectivity index (χ0) is 12.3. The Morgan fingerprint density at radius 2 is 2.00 bits per heavy atom. The highest BCUT2D eigenvalue weighted by molar-refractivity contribution is 6.33. The van der Waals surface area contributed by atoms with Crippen LogP contribution >= 0.6 is 35.6 Å². The van der Waals surface area contributed by atoms with Crippen molar-refractivity contribution in [2.24, 2.45) is 5.73 Å². The molecule has 0 aromatic heterocycles. The Hall–Kier alpha value is -0.550. The second-order valence-corrected chi connectivity index (χ2v) is 3.96. The number of hydrogen-bond donors (Lipinski definition) is 1. The van der Waals surface area contributed by atoms with Crippen LogP contribution in [0.15, 0.2) is 12.1 Å². The number of ether oxygens (including phenoxy) is 1. The van der Waals surface area contributed by atoms with Gasteiger partial charge in [0.2, 0.25) is 0 Å². The highest BCUT2D eigenvalue weighted by Crippen LogP contribution is 2.30. The molecule has 1 aromatic rings. The molecule has 7 heteroatoms. The first-order valence-electron chi connectivity index (χ1n) is 4.43. The van der Waals surface area contributed by atoms with Gasteiger partial charge in [-0.2, -0.15) is 0 Å². The summed E-state index contributed by atoms with van der Waals surface area (Å²) in [7, 11) is 1.23. The van der Waals surface area contributed by atoms with Crippen LogP contribution in [0, 0.1) is 5.82 Å². The molecule has 0 fully saturated rings. The van der Waals surface area contributed by atoms with Gasteiger partial charge >= 0.3 is 5.97 Å². The molecule has 17 heavy (non-hydrogen) atoms. The van der Waals surface area contributed by atoms with Crippen LogP contribution in [0.3, 0.4) is 0 Å². The molecule has 0 radical (unpaired) electrons. The summed E-state index contributed by atoms with van der Waals surface area (Å²) in [5, 5.41) is 0.0537. The van der Waals surface area contributed by atoms with Crippen molar-refractivity contribution >= 4 is 41.6 Å². The fraction of sp³-hybridized carbons (Fsp3) is 0.300. The fourth-order valence-corrected chi connectivity index (χ4v) is 1.70. The standard InChI is InChI=1S/C10H10Cl2FNO2.ClH/c1-16-8(15)4-7(14)9-5(11)2-3-6(12)10(9)13;/h2-3,7H,4,14H2,1H3;1H/t7-;/m1./s1. The molecule has 0 aliphatic rings. The lowest BCUT2D eigenvalue weighted by Gasteiger charge is -2.14. The Kier molecular flexibility index (Phi) is 6.78. The minimum absolute atomic E-state index is 0. The summed E-state index contributed by atoms with van der Waals surface area (Å²) < 4.78 is 18.1. The molecule has 0 heterocycles. The van der Waals surface area contributed by atoms with Crippen molar-refractivity contribution in [2.75, 3.05) is 7.11 Å². The van der Waals surface area contributed by atoms with Crippen LogP contribution in [-0.2, 0) is 9.53 Å². The fourth-order valence-electron chi connectivity index (χ4n) is 1.25. The smallest absolute Gasteiger partial charge is 0.307 e. The summed E-state index contributed by atoms with van der Waals surface area (Å²) in [6.45, 7) is 0. The number of carbonyl (C=O) groups excluding carboxylic acids is 1. The van der Waals surface area contributed by atoms with Crippen LogP contribution in [0.25, 0.3) is 0 Å². The average Bonchev–Trinajstić information content (AvgIpc) is 2.24. The topological polar surface area (TPSA) is 52.3 Å². The number of carbonyl (C=O) groups is 1. The molecule has 0 bridgehead atoms. The predicted octanol–water partition coefficient (Wildman–Crippen LogP) is 3.12. The maximum absolute atomic E-state index is 13.6. The summed E-state index contributed by atoms with van der Waals surface area (Å²) in [6.07, 6.45) is -0.159. The molecule has 1 rings (SSSR count). The van der Waals surface area contributed by atoms with Gasteiger partial charge in [0.15, 0.2) is 0 Å². The van der Waals surface area contributed by atoms with E-state index < -0.39 is 17.8 Å². The van der Waals surface area contributed by atoms with E-state index in [-0.39, 0.29) is 34.4 Å². The maximum Gasteiger partial charge on any atom is 0.307 e. The summed E-state index contributed by atoms with van der Waals surface area (Å²) in [6, 6.07) is 1.88. The van der Waals surface area contributed by atoms with E-state index >= 15 is 0 Å². The monoisotopic (exact) mass is 301 g/mol. The molecule has 0 saturated heterocycles. The molecular weight excluding hydrogens is 291 g/mol. The average molecular weight is 303 g/mol. The van der Waals surface area contributed by atoms with Crippen molar-refractivity contribution in [3.05, 3.63) is 33.6 Å². The van der Waals surface area contributed by atoms with Crippen molar-refractivity contribution in [1.82, 2.24) is 0 Å². The molecule has 96 valence electrons. The Morgan fingerprint density at radius 1 is 1.47 bits per heavy atom. The van der Waals surface area contributed by atoms with E-state index in [1.807, 2.05) is 0 Å². The van der Waals surface area contributed by atoms with Crippen LogP contribution in [0.4, 0.5) is 4.39 Å². The van der Waals surface area contributed by atoms with Gasteiger partial charge in [-0.1, -0.05) is 23.2 Å². The lowest BCUT2D eigenvalue weighted by atomic mass is 10.0. The number of rotatable bonds is 3. The van der Waals surface area contributed by atoms with Gasteiger partial charge in [0, 0.05) is 16.6 Å². The number of benzene rings is 1. The van der Waals surface area contributed by atoms with Crippen LogP contribution < -0.4 is 5.73 Å². The summed E-state index contributed by atoms with van der Waals surface area (Å²) >= 11 is 11.4. The van der Waals surface area contributed by atoms with Gasteiger partial charge in [0.25, 0.3) is 0 Å². The van der Waals surface area contributed by atoms with Gasteiger partial charge in [-0.25, -0.2) is 4.39 Å². The first kappa shape index (κ1) is 16.4. The third-order valence-electron chi connectivity index (χ3n) is 2.06. The van der Waals surface area contributed by atoms with Gasteiger partial charge in [0.05, 0.1) is 18.6 Å². The quantitative estimate of drug-likeness (QED) is 0.689. The van der Waals surface area contributed by atoms with Crippen molar-refractivity contribution in [2.45, 2.75) is 12.5 Å². The zero-order valence-electron chi connectivity index (χ0n) is 8.88. The predicted molar refractivity (Wildman–Crippen MR) is 67.2 cm³/mol. The van der Waals surface area contributed by atoms with E-state index in [9.17, 15) is 9.18 Å². The van der Waals surface area contributed by atoms with Gasteiger partial charge in [-0.15, -0.1) is 12.4 Å². The largest absolute Gasteiger partial charge is 0.469 e. The molecule has 0 aliphatic carbocycles. The van der Waals surface area contributed by atoms with Gasteiger partial charge in [-0.05, 0) is 12.1 Å². The van der Waals surface area contributed by atoms with Crippen molar-refractivity contribution < 1.29 is 13.9 Å². The summed E-state index contributed by atoms with van der Waals surface area (Å²) in [5.41, 5.74) is 5.69.